The molecular weight excluding hydrogens is 318 g/mol. The third-order valence-corrected chi connectivity index (χ3v) is 2.51. The summed E-state index contributed by atoms with van der Waals surface area (Å²) < 4.78 is 80.6. The first-order chi connectivity index (χ1) is 9.67. The van der Waals surface area contributed by atoms with Crippen molar-refractivity contribution in [1.82, 2.24) is 0 Å². The Hall–Kier alpha value is -1.64. The van der Waals surface area contributed by atoms with Crippen molar-refractivity contribution in [2.45, 2.75) is 39.6 Å². The molecule has 22 heavy (non-hydrogen) atoms. The first-order valence-electron chi connectivity index (χ1n) is 6.02. The second kappa shape index (κ2) is 5.86. The molecule has 0 aromatic heterocycles. The number of aliphatic hydroxyl groups excluding tert-OH is 1. The van der Waals surface area contributed by atoms with E-state index in [9.17, 15) is 31.4 Å². The lowest BCUT2D eigenvalue weighted by molar-refractivity contribution is -0.276. The lowest BCUT2D eigenvalue weighted by atomic mass is 9.85. The van der Waals surface area contributed by atoms with Crippen LogP contribution in [0.15, 0.2) is 18.2 Å². The van der Waals surface area contributed by atoms with Crippen LogP contribution in [-0.2, 0) is 0 Å². The Morgan fingerprint density at radius 3 is 1.45 bits per heavy atom. The van der Waals surface area contributed by atoms with Crippen LogP contribution in [0.25, 0.3) is 0 Å². The minimum Gasteiger partial charge on any atom is -0.406 e. The summed E-state index contributed by atoms with van der Waals surface area (Å²) >= 11 is 0. The molecule has 0 aliphatic carbocycles. The van der Waals surface area contributed by atoms with E-state index >= 15 is 0 Å². The lowest BCUT2D eigenvalue weighted by Gasteiger charge is -2.27. The van der Waals surface area contributed by atoms with Gasteiger partial charge < -0.3 is 14.6 Å². The van der Waals surface area contributed by atoms with Crippen molar-refractivity contribution in [3.63, 3.8) is 0 Å². The average Bonchev–Trinajstić information content (AvgIpc) is 2.21. The van der Waals surface area contributed by atoms with Gasteiger partial charge in [0.25, 0.3) is 0 Å². The molecule has 0 fully saturated rings. The van der Waals surface area contributed by atoms with E-state index in [1.165, 1.54) is 0 Å². The fraction of sp³-hybridized carbons (Fsp3) is 0.538. The fourth-order valence-electron chi connectivity index (χ4n) is 1.64. The highest BCUT2D eigenvalue weighted by molar-refractivity contribution is 5.40. The van der Waals surface area contributed by atoms with E-state index in [2.05, 4.69) is 9.47 Å². The van der Waals surface area contributed by atoms with Crippen molar-refractivity contribution >= 4 is 0 Å². The van der Waals surface area contributed by atoms with Crippen molar-refractivity contribution in [3.05, 3.63) is 23.8 Å². The summed E-state index contributed by atoms with van der Waals surface area (Å²) in [6.07, 6.45) is -11.5. The van der Waals surface area contributed by atoms with Gasteiger partial charge in [0.1, 0.15) is 11.5 Å². The molecule has 0 aliphatic heterocycles. The molecule has 9 heteroatoms. The highest BCUT2D eigenvalue weighted by Crippen LogP contribution is 2.38. The molecule has 0 radical (unpaired) electrons. The summed E-state index contributed by atoms with van der Waals surface area (Å²) in [7, 11) is 0. The highest BCUT2D eigenvalue weighted by atomic mass is 19.4. The van der Waals surface area contributed by atoms with Crippen molar-refractivity contribution in [3.8, 4) is 11.5 Å². The maximum absolute atomic E-state index is 12.2. The van der Waals surface area contributed by atoms with Crippen LogP contribution in [-0.4, -0.2) is 17.8 Å². The van der Waals surface area contributed by atoms with Gasteiger partial charge >= 0.3 is 12.7 Å². The van der Waals surface area contributed by atoms with Crippen molar-refractivity contribution in [2.75, 3.05) is 0 Å². The molecule has 1 N–H and O–H groups in total. The molecule has 0 aliphatic rings. The SMILES string of the molecule is CC(C)(C)C(O)c1cc(OC(F)(F)F)cc(OC(F)(F)F)c1. The number of halogens is 6. The lowest BCUT2D eigenvalue weighted by Crippen LogP contribution is -2.21. The molecule has 1 aromatic rings. The molecule has 1 atom stereocenters. The van der Waals surface area contributed by atoms with Crippen LogP contribution >= 0.6 is 0 Å². The Morgan fingerprint density at radius 1 is 0.818 bits per heavy atom. The first-order valence-corrected chi connectivity index (χ1v) is 6.02. The van der Waals surface area contributed by atoms with Gasteiger partial charge in [-0.2, -0.15) is 0 Å². The second-order valence-corrected chi connectivity index (χ2v) is 5.60. The number of hydrogen-bond acceptors (Lipinski definition) is 3. The summed E-state index contributed by atoms with van der Waals surface area (Å²) in [5.74, 6) is -1.82. The van der Waals surface area contributed by atoms with Crippen LogP contribution in [0.4, 0.5) is 26.3 Å². The Kier molecular flexibility index (Phi) is 4.91. The maximum atomic E-state index is 12.2. The third kappa shape index (κ3) is 6.00. The molecule has 0 heterocycles. The normalized spacial score (nSPS) is 14.6. The molecule has 0 saturated carbocycles. The zero-order valence-corrected chi connectivity index (χ0v) is 11.8. The predicted molar refractivity (Wildman–Crippen MR) is 64.2 cm³/mol. The van der Waals surface area contributed by atoms with Gasteiger partial charge in [0, 0.05) is 6.07 Å². The number of rotatable bonds is 3. The quantitative estimate of drug-likeness (QED) is 0.825. The van der Waals surface area contributed by atoms with Crippen LogP contribution < -0.4 is 9.47 Å². The third-order valence-electron chi connectivity index (χ3n) is 2.51. The zero-order chi connectivity index (χ0) is 17.3. The van der Waals surface area contributed by atoms with Gasteiger partial charge in [0.15, 0.2) is 0 Å². The van der Waals surface area contributed by atoms with Crippen molar-refractivity contribution < 1.29 is 40.9 Å². The Morgan fingerprint density at radius 2 is 1.18 bits per heavy atom. The number of aliphatic hydroxyl groups is 1. The van der Waals surface area contributed by atoms with Crippen LogP contribution in [0.1, 0.15) is 32.4 Å². The minimum absolute atomic E-state index is 0.187. The summed E-state index contributed by atoms with van der Waals surface area (Å²) in [4.78, 5) is 0. The Labute approximate surface area is 122 Å². The second-order valence-electron chi connectivity index (χ2n) is 5.60. The van der Waals surface area contributed by atoms with E-state index in [1.54, 1.807) is 20.8 Å². The van der Waals surface area contributed by atoms with Gasteiger partial charge in [-0.3, -0.25) is 0 Å². The number of alkyl halides is 6. The summed E-state index contributed by atoms with van der Waals surface area (Å²) in [5.41, 5.74) is -1.000. The molecule has 1 rings (SSSR count). The molecule has 126 valence electrons. The molecule has 0 spiro atoms. The molecule has 0 bridgehead atoms. The molecule has 3 nitrogen and oxygen atoms in total. The number of hydrogen-bond donors (Lipinski definition) is 1. The van der Waals surface area contributed by atoms with Gasteiger partial charge in [-0.1, -0.05) is 20.8 Å². The van der Waals surface area contributed by atoms with Gasteiger partial charge in [0.2, 0.25) is 0 Å². The van der Waals surface area contributed by atoms with Crippen molar-refractivity contribution in [1.29, 1.82) is 0 Å². The smallest absolute Gasteiger partial charge is 0.406 e. The van der Waals surface area contributed by atoms with Crippen LogP contribution in [0.3, 0.4) is 0 Å². The number of benzene rings is 1. The van der Waals surface area contributed by atoms with Crippen molar-refractivity contribution in [2.24, 2.45) is 5.41 Å². The Balaban J connectivity index is 3.26. The van der Waals surface area contributed by atoms with E-state index in [0.717, 1.165) is 12.1 Å². The molecule has 0 amide bonds. The summed E-state index contributed by atoms with van der Waals surface area (Å²) in [6.45, 7) is 4.71. The van der Waals surface area contributed by atoms with Gasteiger partial charge in [-0.05, 0) is 23.1 Å². The van der Waals surface area contributed by atoms with E-state index in [-0.39, 0.29) is 5.56 Å². The van der Waals surface area contributed by atoms with Gasteiger partial charge in [0.05, 0.1) is 6.10 Å². The van der Waals surface area contributed by atoms with Crippen LogP contribution in [0.2, 0.25) is 0 Å². The average molecular weight is 332 g/mol. The molecule has 1 aromatic carbocycles. The largest absolute Gasteiger partial charge is 0.573 e. The van der Waals surface area contributed by atoms with Crippen LogP contribution in [0, 0.1) is 5.41 Å². The molecule has 0 saturated heterocycles. The molecular formula is C13H14F6O3. The summed E-state index contributed by atoms with van der Waals surface area (Å²) in [5, 5.41) is 10.0. The van der Waals surface area contributed by atoms with E-state index < -0.39 is 35.7 Å². The standard InChI is InChI=1S/C13H14F6O3/c1-11(2,3)10(20)7-4-8(21-12(14,15)16)6-9(5-7)22-13(17,18)19/h4-6,10,20H,1-3H3. The highest BCUT2D eigenvalue weighted by Gasteiger charge is 2.35. The first kappa shape index (κ1) is 18.4. The fourth-order valence-corrected chi connectivity index (χ4v) is 1.64. The van der Waals surface area contributed by atoms with E-state index in [0.29, 0.717) is 6.07 Å². The maximum Gasteiger partial charge on any atom is 0.573 e. The van der Waals surface area contributed by atoms with Gasteiger partial charge in [-0.15, -0.1) is 26.3 Å². The van der Waals surface area contributed by atoms with Gasteiger partial charge in [-0.25, -0.2) is 0 Å². The zero-order valence-electron chi connectivity index (χ0n) is 11.8. The minimum atomic E-state index is -5.08. The topological polar surface area (TPSA) is 38.7 Å². The van der Waals surface area contributed by atoms with E-state index in [1.807, 2.05) is 0 Å². The van der Waals surface area contributed by atoms with Crippen LogP contribution in [0.5, 0.6) is 11.5 Å². The predicted octanol–water partition coefficient (Wildman–Crippen LogP) is 4.56. The monoisotopic (exact) mass is 332 g/mol. The summed E-state index contributed by atoms with van der Waals surface area (Å²) in [6, 6.07) is 2.07. The van der Waals surface area contributed by atoms with E-state index in [4.69, 9.17) is 0 Å². The number of ether oxygens (including phenoxy) is 2. The Bertz CT molecular complexity index is 482. The molecule has 1 unspecified atom stereocenters.